The Morgan fingerprint density at radius 2 is 2.00 bits per heavy atom. The Morgan fingerprint density at radius 1 is 1.31 bits per heavy atom. The number of amides is 1. The summed E-state index contributed by atoms with van der Waals surface area (Å²) in [6.45, 7) is 5.11. The van der Waals surface area contributed by atoms with E-state index >= 15 is 0 Å². The molecule has 16 heavy (non-hydrogen) atoms. The van der Waals surface area contributed by atoms with Gasteiger partial charge in [-0.05, 0) is 32.1 Å². The molecule has 2 aliphatic rings. The van der Waals surface area contributed by atoms with Crippen LogP contribution in [-0.2, 0) is 4.79 Å². The van der Waals surface area contributed by atoms with E-state index in [2.05, 4.69) is 17.1 Å². The van der Waals surface area contributed by atoms with Crippen LogP contribution >= 0.6 is 0 Å². The summed E-state index contributed by atoms with van der Waals surface area (Å²) in [5.74, 6) is 1.05. The van der Waals surface area contributed by atoms with Gasteiger partial charge in [-0.25, -0.2) is 0 Å². The number of rotatable bonds is 3. The normalized spacial score (nSPS) is 32.4. The molecule has 1 heterocycles. The summed E-state index contributed by atoms with van der Waals surface area (Å²) in [6.07, 6.45) is 8.02. The molecule has 1 amide bonds. The van der Waals surface area contributed by atoms with E-state index in [0.717, 1.165) is 18.9 Å². The van der Waals surface area contributed by atoms with Gasteiger partial charge in [0.1, 0.15) is 0 Å². The predicted octanol–water partition coefficient (Wildman–Crippen LogP) is 2.12. The van der Waals surface area contributed by atoms with Crippen LogP contribution in [0.2, 0.25) is 0 Å². The molecule has 0 spiro atoms. The van der Waals surface area contributed by atoms with Gasteiger partial charge in [0.15, 0.2) is 0 Å². The van der Waals surface area contributed by atoms with Gasteiger partial charge in [0.25, 0.3) is 0 Å². The Labute approximate surface area is 98.6 Å². The summed E-state index contributed by atoms with van der Waals surface area (Å²) < 4.78 is 0. The van der Waals surface area contributed by atoms with Crippen molar-refractivity contribution in [1.82, 2.24) is 10.2 Å². The van der Waals surface area contributed by atoms with Gasteiger partial charge in [0.2, 0.25) is 5.91 Å². The van der Waals surface area contributed by atoms with Crippen molar-refractivity contribution in [2.24, 2.45) is 5.92 Å². The van der Waals surface area contributed by atoms with Gasteiger partial charge in [0.05, 0.1) is 12.2 Å². The van der Waals surface area contributed by atoms with Crippen molar-refractivity contribution < 1.29 is 4.79 Å². The second-order valence-electron chi connectivity index (χ2n) is 5.31. The van der Waals surface area contributed by atoms with Crippen molar-refractivity contribution in [3.63, 3.8) is 0 Å². The van der Waals surface area contributed by atoms with E-state index in [1.165, 1.54) is 32.1 Å². The van der Waals surface area contributed by atoms with Gasteiger partial charge >= 0.3 is 0 Å². The van der Waals surface area contributed by atoms with Crippen molar-refractivity contribution in [2.45, 2.75) is 64.6 Å². The minimum atomic E-state index is 0.0218. The molecule has 1 saturated heterocycles. The molecule has 0 aromatic heterocycles. The van der Waals surface area contributed by atoms with Crippen LogP contribution in [0.5, 0.6) is 0 Å². The maximum atomic E-state index is 12.0. The lowest BCUT2D eigenvalue weighted by molar-refractivity contribution is -0.130. The summed E-state index contributed by atoms with van der Waals surface area (Å²) >= 11 is 0. The standard InChI is InChI=1S/C13H24N2O/c1-3-12-14-10(2)13(16)15(12)9-11-7-5-4-6-8-11/h10-12,14H,3-9H2,1-2H3. The van der Waals surface area contributed by atoms with Crippen LogP contribution in [0.25, 0.3) is 0 Å². The molecule has 0 aromatic rings. The number of hydrogen-bond acceptors (Lipinski definition) is 2. The molecule has 92 valence electrons. The average molecular weight is 224 g/mol. The SMILES string of the molecule is CCC1NC(C)C(=O)N1CC1CCCCC1. The Kier molecular flexibility index (Phi) is 3.85. The lowest BCUT2D eigenvalue weighted by atomic mass is 9.89. The van der Waals surface area contributed by atoms with E-state index < -0.39 is 0 Å². The zero-order valence-corrected chi connectivity index (χ0v) is 10.5. The fourth-order valence-electron chi connectivity index (χ4n) is 3.06. The second kappa shape index (κ2) is 5.17. The van der Waals surface area contributed by atoms with Crippen molar-refractivity contribution in [3.8, 4) is 0 Å². The third kappa shape index (κ3) is 2.40. The van der Waals surface area contributed by atoms with Crippen LogP contribution in [0.3, 0.4) is 0 Å². The number of hydrogen-bond donors (Lipinski definition) is 1. The first-order chi connectivity index (χ1) is 7.72. The van der Waals surface area contributed by atoms with Gasteiger partial charge in [-0.15, -0.1) is 0 Å². The van der Waals surface area contributed by atoms with Gasteiger partial charge in [-0.2, -0.15) is 0 Å². The van der Waals surface area contributed by atoms with E-state index in [1.807, 2.05) is 6.92 Å². The first-order valence-corrected chi connectivity index (χ1v) is 6.79. The van der Waals surface area contributed by atoms with Gasteiger partial charge < -0.3 is 4.90 Å². The Balaban J connectivity index is 1.93. The largest absolute Gasteiger partial charge is 0.326 e. The van der Waals surface area contributed by atoms with Crippen molar-refractivity contribution >= 4 is 5.91 Å². The first kappa shape index (κ1) is 11.9. The van der Waals surface area contributed by atoms with E-state index in [0.29, 0.717) is 5.91 Å². The quantitative estimate of drug-likeness (QED) is 0.796. The maximum absolute atomic E-state index is 12.0. The predicted molar refractivity (Wildman–Crippen MR) is 65.0 cm³/mol. The fourth-order valence-corrected chi connectivity index (χ4v) is 3.06. The molecule has 1 aliphatic carbocycles. The van der Waals surface area contributed by atoms with Crippen LogP contribution < -0.4 is 5.32 Å². The average Bonchev–Trinajstić information content (AvgIpc) is 2.58. The molecule has 1 saturated carbocycles. The highest BCUT2D eigenvalue weighted by Crippen LogP contribution is 2.26. The van der Waals surface area contributed by atoms with Gasteiger partial charge in [-0.1, -0.05) is 26.2 Å². The summed E-state index contributed by atoms with van der Waals surface area (Å²) in [6, 6.07) is 0.0218. The van der Waals surface area contributed by atoms with E-state index in [9.17, 15) is 4.79 Å². The minimum absolute atomic E-state index is 0.0218. The highest BCUT2D eigenvalue weighted by molar-refractivity contribution is 5.83. The monoisotopic (exact) mass is 224 g/mol. The maximum Gasteiger partial charge on any atom is 0.240 e. The summed E-state index contributed by atoms with van der Waals surface area (Å²) in [7, 11) is 0. The number of carbonyl (C=O) groups excluding carboxylic acids is 1. The van der Waals surface area contributed by atoms with Crippen LogP contribution in [0, 0.1) is 5.92 Å². The lowest BCUT2D eigenvalue weighted by Crippen LogP contribution is -2.40. The summed E-state index contributed by atoms with van der Waals surface area (Å²) in [5.41, 5.74) is 0. The van der Waals surface area contributed by atoms with Crippen molar-refractivity contribution in [2.75, 3.05) is 6.54 Å². The molecule has 1 aliphatic heterocycles. The van der Waals surface area contributed by atoms with Crippen LogP contribution in [0.1, 0.15) is 52.4 Å². The Hall–Kier alpha value is -0.570. The van der Waals surface area contributed by atoms with E-state index in [4.69, 9.17) is 0 Å². The number of nitrogens with one attached hydrogen (secondary N) is 1. The van der Waals surface area contributed by atoms with Crippen molar-refractivity contribution in [3.05, 3.63) is 0 Å². The highest BCUT2D eigenvalue weighted by atomic mass is 16.2. The molecule has 2 unspecified atom stereocenters. The number of carbonyl (C=O) groups is 1. The van der Waals surface area contributed by atoms with Crippen LogP contribution in [0.4, 0.5) is 0 Å². The molecule has 0 bridgehead atoms. The molecule has 0 aromatic carbocycles. The molecule has 0 radical (unpaired) electrons. The zero-order chi connectivity index (χ0) is 11.5. The molecule has 2 rings (SSSR count). The zero-order valence-electron chi connectivity index (χ0n) is 10.5. The molecular weight excluding hydrogens is 200 g/mol. The smallest absolute Gasteiger partial charge is 0.240 e. The topological polar surface area (TPSA) is 32.3 Å². The highest BCUT2D eigenvalue weighted by Gasteiger charge is 2.36. The van der Waals surface area contributed by atoms with Crippen molar-refractivity contribution in [1.29, 1.82) is 0 Å². The summed E-state index contributed by atoms with van der Waals surface area (Å²) in [4.78, 5) is 14.1. The minimum Gasteiger partial charge on any atom is -0.326 e. The molecule has 3 nitrogen and oxygen atoms in total. The first-order valence-electron chi connectivity index (χ1n) is 6.79. The summed E-state index contributed by atoms with van der Waals surface area (Å²) in [5, 5.41) is 3.37. The van der Waals surface area contributed by atoms with Gasteiger partial charge in [-0.3, -0.25) is 10.1 Å². The fraction of sp³-hybridized carbons (Fsp3) is 0.923. The van der Waals surface area contributed by atoms with Crippen LogP contribution in [0.15, 0.2) is 0 Å². The molecular formula is C13H24N2O. The molecule has 1 N–H and O–H groups in total. The Morgan fingerprint density at radius 3 is 2.62 bits per heavy atom. The molecule has 2 atom stereocenters. The van der Waals surface area contributed by atoms with Crippen LogP contribution in [-0.4, -0.2) is 29.6 Å². The second-order valence-corrected chi connectivity index (χ2v) is 5.31. The van der Waals surface area contributed by atoms with Gasteiger partial charge in [0, 0.05) is 6.54 Å². The van der Waals surface area contributed by atoms with E-state index in [1.54, 1.807) is 0 Å². The molecule has 2 fully saturated rings. The third-order valence-electron chi connectivity index (χ3n) is 4.04. The Bertz CT molecular complexity index is 248. The van der Waals surface area contributed by atoms with E-state index in [-0.39, 0.29) is 12.2 Å². The number of nitrogens with zero attached hydrogens (tertiary/aromatic N) is 1. The lowest BCUT2D eigenvalue weighted by Gasteiger charge is -2.30. The molecule has 3 heteroatoms. The third-order valence-corrected chi connectivity index (χ3v) is 4.04.